The predicted molar refractivity (Wildman–Crippen MR) is 105 cm³/mol. The Morgan fingerprint density at radius 2 is 1.76 bits per heavy atom. The zero-order valence-electron chi connectivity index (χ0n) is 15.7. The summed E-state index contributed by atoms with van der Waals surface area (Å²) in [5.41, 5.74) is 2.69. The van der Waals surface area contributed by atoms with E-state index in [0.29, 0.717) is 16.8 Å². The van der Waals surface area contributed by atoms with Crippen LogP contribution in [0.4, 0.5) is 14.5 Å². The maximum atomic E-state index is 14.3. The maximum absolute atomic E-state index is 14.3. The third-order valence-electron chi connectivity index (χ3n) is 4.95. The van der Waals surface area contributed by atoms with E-state index in [-0.39, 0.29) is 18.0 Å². The maximum Gasteiger partial charge on any atom is 0.258 e. The number of hydrogen-bond donors (Lipinski definition) is 1. The molecular formula is C23H18F2N2O2. The highest BCUT2D eigenvalue weighted by Crippen LogP contribution is 2.37. The normalized spacial score (nSPS) is 16.0. The van der Waals surface area contributed by atoms with Crippen LogP contribution in [-0.2, 0) is 4.79 Å². The number of carbonyl (C=O) groups excluding carboxylic acids is 2. The van der Waals surface area contributed by atoms with Gasteiger partial charge in [0, 0.05) is 11.3 Å². The Hall–Kier alpha value is -3.54. The van der Waals surface area contributed by atoms with Crippen molar-refractivity contribution in [3.63, 3.8) is 0 Å². The first kappa shape index (κ1) is 18.8. The van der Waals surface area contributed by atoms with E-state index in [1.807, 2.05) is 19.1 Å². The molecule has 6 heteroatoms. The van der Waals surface area contributed by atoms with Gasteiger partial charge in [0.25, 0.3) is 5.91 Å². The smallest absolute Gasteiger partial charge is 0.258 e. The zero-order valence-corrected chi connectivity index (χ0v) is 15.7. The average Bonchev–Trinajstić information content (AvgIpc) is 2.84. The van der Waals surface area contributed by atoms with Crippen molar-refractivity contribution in [2.24, 2.45) is 0 Å². The van der Waals surface area contributed by atoms with Gasteiger partial charge in [-0.05, 0) is 42.8 Å². The third-order valence-corrected chi connectivity index (χ3v) is 4.95. The largest absolute Gasteiger partial charge is 0.324 e. The van der Waals surface area contributed by atoms with Crippen LogP contribution in [-0.4, -0.2) is 23.3 Å². The molecule has 0 unspecified atom stereocenters. The lowest BCUT2D eigenvalue weighted by molar-refractivity contribution is -0.117. The number of halogens is 2. The molecule has 0 aromatic heterocycles. The zero-order chi connectivity index (χ0) is 20.5. The van der Waals surface area contributed by atoms with Gasteiger partial charge in [0.05, 0.1) is 11.6 Å². The SMILES string of the molecule is Cc1ccc2c(c1)[C@H](c1ccc(F)cc1)N(C(=O)c1ccccc1F)CC(=O)N2. The molecule has 2 amide bonds. The van der Waals surface area contributed by atoms with E-state index in [0.717, 1.165) is 5.56 Å². The van der Waals surface area contributed by atoms with E-state index in [9.17, 15) is 18.4 Å². The quantitative estimate of drug-likeness (QED) is 0.700. The number of amides is 2. The van der Waals surface area contributed by atoms with Gasteiger partial charge in [-0.25, -0.2) is 8.78 Å². The lowest BCUT2D eigenvalue weighted by Crippen LogP contribution is -2.39. The van der Waals surface area contributed by atoms with Crippen molar-refractivity contribution in [2.45, 2.75) is 13.0 Å². The minimum Gasteiger partial charge on any atom is -0.324 e. The molecule has 0 radical (unpaired) electrons. The van der Waals surface area contributed by atoms with Crippen LogP contribution in [0.5, 0.6) is 0 Å². The van der Waals surface area contributed by atoms with Gasteiger partial charge in [-0.15, -0.1) is 0 Å². The summed E-state index contributed by atoms with van der Waals surface area (Å²) in [5, 5.41) is 2.81. The molecule has 0 saturated heterocycles. The highest BCUT2D eigenvalue weighted by molar-refractivity contribution is 6.01. The molecule has 0 spiro atoms. The van der Waals surface area contributed by atoms with Crippen LogP contribution in [0.3, 0.4) is 0 Å². The van der Waals surface area contributed by atoms with Crippen molar-refractivity contribution < 1.29 is 18.4 Å². The van der Waals surface area contributed by atoms with Gasteiger partial charge in [-0.1, -0.05) is 42.0 Å². The number of nitrogens with zero attached hydrogens (tertiary/aromatic N) is 1. The fourth-order valence-corrected chi connectivity index (χ4v) is 3.61. The number of aryl methyl sites for hydroxylation is 1. The Morgan fingerprint density at radius 3 is 2.48 bits per heavy atom. The van der Waals surface area contributed by atoms with E-state index in [4.69, 9.17) is 0 Å². The first-order chi connectivity index (χ1) is 13.9. The Kier molecular flexibility index (Phi) is 4.84. The summed E-state index contributed by atoms with van der Waals surface area (Å²) in [7, 11) is 0. The number of anilines is 1. The summed E-state index contributed by atoms with van der Waals surface area (Å²) in [6, 6.07) is 16.2. The number of hydrogen-bond acceptors (Lipinski definition) is 2. The van der Waals surface area contributed by atoms with Gasteiger partial charge in [0.2, 0.25) is 5.91 Å². The summed E-state index contributed by atoms with van der Waals surface area (Å²) in [6.45, 7) is 1.64. The molecule has 1 N–H and O–H groups in total. The molecule has 0 aliphatic carbocycles. The van der Waals surface area contributed by atoms with Gasteiger partial charge >= 0.3 is 0 Å². The molecule has 3 aromatic carbocycles. The molecule has 0 saturated carbocycles. The van der Waals surface area contributed by atoms with Crippen molar-refractivity contribution in [1.82, 2.24) is 4.90 Å². The predicted octanol–water partition coefficient (Wildman–Crippen LogP) is 4.46. The van der Waals surface area contributed by atoms with Crippen molar-refractivity contribution in [1.29, 1.82) is 0 Å². The topological polar surface area (TPSA) is 49.4 Å². The summed E-state index contributed by atoms with van der Waals surface area (Å²) in [4.78, 5) is 27.2. The molecule has 0 fully saturated rings. The Labute approximate surface area is 166 Å². The number of carbonyl (C=O) groups is 2. The van der Waals surface area contributed by atoms with Crippen LogP contribution in [0.1, 0.15) is 33.1 Å². The molecule has 1 aliphatic heterocycles. The van der Waals surface area contributed by atoms with Crippen LogP contribution in [0.15, 0.2) is 66.7 Å². The average molecular weight is 392 g/mol. The summed E-state index contributed by atoms with van der Waals surface area (Å²) in [5.74, 6) is -2.07. The van der Waals surface area contributed by atoms with Crippen molar-refractivity contribution in [3.05, 3.63) is 101 Å². The molecule has 0 bridgehead atoms. The Bertz CT molecular complexity index is 1100. The van der Waals surface area contributed by atoms with E-state index >= 15 is 0 Å². The van der Waals surface area contributed by atoms with E-state index < -0.39 is 23.6 Å². The summed E-state index contributed by atoms with van der Waals surface area (Å²) >= 11 is 0. The highest BCUT2D eigenvalue weighted by Gasteiger charge is 2.34. The number of rotatable bonds is 2. The number of benzene rings is 3. The molecule has 29 heavy (non-hydrogen) atoms. The van der Waals surface area contributed by atoms with Crippen LogP contribution in [0.2, 0.25) is 0 Å². The number of fused-ring (bicyclic) bond motifs is 1. The highest BCUT2D eigenvalue weighted by atomic mass is 19.1. The fraction of sp³-hybridized carbons (Fsp3) is 0.130. The number of nitrogens with one attached hydrogen (secondary N) is 1. The molecule has 4 nitrogen and oxygen atoms in total. The molecular weight excluding hydrogens is 374 g/mol. The summed E-state index contributed by atoms with van der Waals surface area (Å²) in [6.07, 6.45) is 0. The van der Waals surface area contributed by atoms with E-state index in [1.165, 1.54) is 35.2 Å². The lowest BCUT2D eigenvalue weighted by atomic mass is 9.94. The van der Waals surface area contributed by atoms with E-state index in [1.54, 1.807) is 24.3 Å². The molecule has 3 aromatic rings. The van der Waals surface area contributed by atoms with Crippen LogP contribution in [0.25, 0.3) is 0 Å². The first-order valence-electron chi connectivity index (χ1n) is 9.15. The van der Waals surface area contributed by atoms with Gasteiger partial charge in [0.1, 0.15) is 18.2 Å². The van der Waals surface area contributed by atoms with Crippen LogP contribution < -0.4 is 5.32 Å². The monoisotopic (exact) mass is 392 g/mol. The second kappa shape index (κ2) is 7.47. The van der Waals surface area contributed by atoms with Crippen molar-refractivity contribution in [3.8, 4) is 0 Å². The van der Waals surface area contributed by atoms with Crippen molar-refractivity contribution >= 4 is 17.5 Å². The standard InChI is InChI=1S/C23H18F2N2O2/c1-14-6-11-20-18(12-14)22(15-7-9-16(24)10-8-15)27(13-21(28)26-20)23(29)17-4-2-3-5-19(17)25/h2-12,22H,13H2,1H3,(H,26,28)/t22-/m0/s1. The molecule has 1 heterocycles. The molecule has 1 aliphatic rings. The first-order valence-corrected chi connectivity index (χ1v) is 9.15. The third kappa shape index (κ3) is 3.61. The summed E-state index contributed by atoms with van der Waals surface area (Å²) < 4.78 is 27.9. The van der Waals surface area contributed by atoms with Gasteiger partial charge in [-0.3, -0.25) is 9.59 Å². The minimum absolute atomic E-state index is 0.122. The van der Waals surface area contributed by atoms with Crippen LogP contribution >= 0.6 is 0 Å². The lowest BCUT2D eigenvalue weighted by Gasteiger charge is -2.31. The minimum atomic E-state index is -0.684. The van der Waals surface area contributed by atoms with Crippen molar-refractivity contribution in [2.75, 3.05) is 11.9 Å². The van der Waals surface area contributed by atoms with Gasteiger partial charge < -0.3 is 10.2 Å². The molecule has 4 rings (SSSR count). The second-order valence-corrected chi connectivity index (χ2v) is 7.01. The second-order valence-electron chi connectivity index (χ2n) is 7.01. The van der Waals surface area contributed by atoms with Gasteiger partial charge in [-0.2, -0.15) is 0 Å². The fourth-order valence-electron chi connectivity index (χ4n) is 3.61. The Morgan fingerprint density at radius 1 is 1.03 bits per heavy atom. The van der Waals surface area contributed by atoms with Gasteiger partial charge in [0.15, 0.2) is 0 Å². The molecule has 146 valence electrons. The Balaban J connectivity index is 1.91. The van der Waals surface area contributed by atoms with E-state index in [2.05, 4.69) is 5.32 Å². The molecule has 1 atom stereocenters. The van der Waals surface area contributed by atoms with Crippen LogP contribution in [0, 0.1) is 18.6 Å².